The molecule has 0 saturated carbocycles. The fraction of sp³-hybridized carbons (Fsp3) is 0.167. The number of aromatic amines is 1. The Morgan fingerprint density at radius 1 is 1.21 bits per heavy atom. The van der Waals surface area contributed by atoms with Crippen LogP contribution in [0.4, 0.5) is 16.4 Å². The van der Waals surface area contributed by atoms with Crippen LogP contribution in [0, 0.1) is 0 Å². The maximum atomic E-state index is 11.8. The first-order chi connectivity index (χ1) is 9.24. The van der Waals surface area contributed by atoms with E-state index in [0.29, 0.717) is 23.1 Å². The molecule has 0 bridgehead atoms. The molecule has 100 valence electrons. The Morgan fingerprint density at radius 3 is 2.42 bits per heavy atom. The van der Waals surface area contributed by atoms with E-state index in [4.69, 9.17) is 9.47 Å². The fourth-order valence-electron chi connectivity index (χ4n) is 1.56. The number of carbonyl (C=O) groups excluding carboxylic acids is 1. The van der Waals surface area contributed by atoms with Gasteiger partial charge in [-0.2, -0.15) is 0 Å². The topological polar surface area (TPSA) is 88.3 Å². The van der Waals surface area contributed by atoms with Gasteiger partial charge in [0.05, 0.1) is 14.2 Å². The van der Waals surface area contributed by atoms with Crippen molar-refractivity contribution < 1.29 is 14.3 Å². The highest BCUT2D eigenvalue weighted by Gasteiger charge is 2.13. The molecular formula is C12H14N4O3. The molecule has 1 aromatic heterocycles. The lowest BCUT2D eigenvalue weighted by molar-refractivity contribution is 0.261. The maximum absolute atomic E-state index is 11.8. The van der Waals surface area contributed by atoms with E-state index < -0.39 is 6.03 Å². The van der Waals surface area contributed by atoms with Crippen LogP contribution in [0.25, 0.3) is 0 Å². The first kappa shape index (κ1) is 12.7. The summed E-state index contributed by atoms with van der Waals surface area (Å²) in [7, 11) is 3.04. The first-order valence-corrected chi connectivity index (χ1v) is 5.53. The normalized spacial score (nSPS) is 9.79. The highest BCUT2D eigenvalue weighted by molar-refractivity contribution is 6.00. The van der Waals surface area contributed by atoms with E-state index in [2.05, 4.69) is 20.6 Å². The number of para-hydroxylation sites is 1. The number of aromatic nitrogens is 2. The lowest BCUT2D eigenvalue weighted by Gasteiger charge is -2.13. The Hall–Kier alpha value is -2.70. The molecule has 0 radical (unpaired) electrons. The van der Waals surface area contributed by atoms with Crippen molar-refractivity contribution in [1.29, 1.82) is 0 Å². The van der Waals surface area contributed by atoms with E-state index >= 15 is 0 Å². The van der Waals surface area contributed by atoms with Crippen LogP contribution in [-0.4, -0.2) is 30.2 Å². The van der Waals surface area contributed by atoms with Crippen molar-refractivity contribution in [3.8, 4) is 11.5 Å². The molecule has 2 rings (SSSR count). The van der Waals surface area contributed by atoms with Gasteiger partial charge in [-0.3, -0.25) is 5.32 Å². The SMILES string of the molecule is COc1cccc(OC)c1NC(=O)Nc1ncc[nH]1. The number of hydrogen-bond acceptors (Lipinski definition) is 4. The number of hydrogen-bond donors (Lipinski definition) is 3. The summed E-state index contributed by atoms with van der Waals surface area (Å²) in [4.78, 5) is 18.5. The monoisotopic (exact) mass is 262 g/mol. The molecular weight excluding hydrogens is 248 g/mol. The minimum Gasteiger partial charge on any atom is -0.494 e. The summed E-state index contributed by atoms with van der Waals surface area (Å²) in [5.41, 5.74) is 0.455. The molecule has 0 unspecified atom stereocenters. The first-order valence-electron chi connectivity index (χ1n) is 5.53. The van der Waals surface area contributed by atoms with Crippen LogP contribution in [0.3, 0.4) is 0 Å². The highest BCUT2D eigenvalue weighted by Crippen LogP contribution is 2.34. The number of anilines is 2. The van der Waals surface area contributed by atoms with Gasteiger partial charge in [-0.1, -0.05) is 6.07 Å². The predicted octanol–water partition coefficient (Wildman–Crippen LogP) is 2.07. The van der Waals surface area contributed by atoms with Crippen molar-refractivity contribution >= 4 is 17.7 Å². The zero-order valence-corrected chi connectivity index (χ0v) is 10.6. The Balaban J connectivity index is 2.15. The maximum Gasteiger partial charge on any atom is 0.326 e. The van der Waals surface area contributed by atoms with Crippen LogP contribution in [0.15, 0.2) is 30.6 Å². The van der Waals surface area contributed by atoms with Crippen LogP contribution in [-0.2, 0) is 0 Å². The molecule has 7 nitrogen and oxygen atoms in total. The summed E-state index contributed by atoms with van der Waals surface area (Å²) in [6.07, 6.45) is 3.15. The lowest BCUT2D eigenvalue weighted by Crippen LogP contribution is -2.21. The van der Waals surface area contributed by atoms with Gasteiger partial charge in [-0.25, -0.2) is 9.78 Å². The molecule has 0 saturated heterocycles. The van der Waals surface area contributed by atoms with Crippen molar-refractivity contribution in [2.24, 2.45) is 0 Å². The number of imidazole rings is 1. The number of rotatable bonds is 4. The van der Waals surface area contributed by atoms with Gasteiger partial charge in [0.15, 0.2) is 0 Å². The van der Waals surface area contributed by atoms with Crippen molar-refractivity contribution in [1.82, 2.24) is 9.97 Å². The molecule has 0 spiro atoms. The molecule has 0 aliphatic heterocycles. The number of H-pyrrole nitrogens is 1. The number of amides is 2. The quantitative estimate of drug-likeness (QED) is 0.787. The van der Waals surface area contributed by atoms with Crippen LogP contribution < -0.4 is 20.1 Å². The van der Waals surface area contributed by atoms with E-state index in [1.807, 2.05) is 0 Å². The second-order valence-electron chi connectivity index (χ2n) is 3.55. The molecule has 1 aromatic carbocycles. The Kier molecular flexibility index (Phi) is 3.87. The highest BCUT2D eigenvalue weighted by atomic mass is 16.5. The smallest absolute Gasteiger partial charge is 0.326 e. The number of benzene rings is 1. The second-order valence-corrected chi connectivity index (χ2v) is 3.55. The van der Waals surface area contributed by atoms with Gasteiger partial charge in [-0.15, -0.1) is 0 Å². The minimum atomic E-state index is -0.447. The minimum absolute atomic E-state index is 0.353. The third-order valence-electron chi connectivity index (χ3n) is 2.40. The summed E-state index contributed by atoms with van der Waals surface area (Å²) in [5.74, 6) is 1.37. The van der Waals surface area contributed by atoms with Crippen LogP contribution in [0.2, 0.25) is 0 Å². The molecule has 2 amide bonds. The van der Waals surface area contributed by atoms with E-state index in [9.17, 15) is 4.79 Å². The van der Waals surface area contributed by atoms with E-state index in [0.717, 1.165) is 0 Å². The molecule has 0 aliphatic rings. The summed E-state index contributed by atoms with van der Waals surface area (Å²) in [6, 6.07) is 4.78. The van der Waals surface area contributed by atoms with Gasteiger partial charge in [-0.05, 0) is 12.1 Å². The van der Waals surface area contributed by atoms with Crippen molar-refractivity contribution in [2.45, 2.75) is 0 Å². The van der Waals surface area contributed by atoms with E-state index in [1.54, 1.807) is 30.6 Å². The zero-order valence-electron chi connectivity index (χ0n) is 10.6. The second kappa shape index (κ2) is 5.76. The lowest BCUT2D eigenvalue weighted by atomic mass is 10.2. The van der Waals surface area contributed by atoms with Crippen molar-refractivity contribution in [3.05, 3.63) is 30.6 Å². The number of nitrogens with zero attached hydrogens (tertiary/aromatic N) is 1. The average molecular weight is 262 g/mol. The number of urea groups is 1. The number of methoxy groups -OCH3 is 2. The standard InChI is InChI=1S/C12H14N4O3/c1-18-8-4-3-5-9(19-2)10(8)15-12(17)16-11-13-6-7-14-11/h3-7H,1-2H3,(H3,13,14,15,16,17). The summed E-state index contributed by atoms with van der Waals surface area (Å²) in [6.45, 7) is 0. The summed E-state index contributed by atoms with van der Waals surface area (Å²) >= 11 is 0. The van der Waals surface area contributed by atoms with Crippen LogP contribution in [0.1, 0.15) is 0 Å². The third kappa shape index (κ3) is 2.95. The van der Waals surface area contributed by atoms with Gasteiger partial charge in [0.25, 0.3) is 0 Å². The van der Waals surface area contributed by atoms with Gasteiger partial charge in [0, 0.05) is 12.4 Å². The molecule has 19 heavy (non-hydrogen) atoms. The molecule has 1 heterocycles. The van der Waals surface area contributed by atoms with Crippen LogP contribution >= 0.6 is 0 Å². The molecule has 3 N–H and O–H groups in total. The zero-order chi connectivity index (χ0) is 13.7. The average Bonchev–Trinajstić information content (AvgIpc) is 2.91. The largest absolute Gasteiger partial charge is 0.494 e. The Bertz CT molecular complexity index is 532. The van der Waals surface area contributed by atoms with Gasteiger partial charge >= 0.3 is 6.03 Å². The van der Waals surface area contributed by atoms with Crippen molar-refractivity contribution in [2.75, 3.05) is 24.9 Å². The molecule has 0 atom stereocenters. The van der Waals surface area contributed by atoms with Gasteiger partial charge < -0.3 is 19.8 Å². The molecule has 2 aromatic rings. The molecule has 7 heteroatoms. The van der Waals surface area contributed by atoms with E-state index in [1.165, 1.54) is 14.2 Å². The Morgan fingerprint density at radius 2 is 1.89 bits per heavy atom. The molecule has 0 aliphatic carbocycles. The number of nitrogens with one attached hydrogen (secondary N) is 3. The summed E-state index contributed by atoms with van der Waals surface area (Å²) < 4.78 is 10.4. The summed E-state index contributed by atoms with van der Waals surface area (Å²) in [5, 5.41) is 5.20. The fourth-order valence-corrected chi connectivity index (χ4v) is 1.56. The van der Waals surface area contributed by atoms with Gasteiger partial charge in [0.2, 0.25) is 5.95 Å². The number of ether oxygens (including phenoxy) is 2. The van der Waals surface area contributed by atoms with Gasteiger partial charge in [0.1, 0.15) is 17.2 Å². The number of carbonyl (C=O) groups is 1. The van der Waals surface area contributed by atoms with E-state index in [-0.39, 0.29) is 0 Å². The van der Waals surface area contributed by atoms with Crippen LogP contribution in [0.5, 0.6) is 11.5 Å². The molecule has 0 fully saturated rings. The van der Waals surface area contributed by atoms with Crippen molar-refractivity contribution in [3.63, 3.8) is 0 Å². The Labute approximate surface area is 110 Å². The third-order valence-corrected chi connectivity index (χ3v) is 2.40. The predicted molar refractivity (Wildman–Crippen MR) is 70.8 cm³/mol.